The number of nitrogens with zero attached hydrogens (tertiary/aromatic N) is 2. The molecule has 3 nitrogen and oxygen atoms in total. The van der Waals surface area contributed by atoms with Crippen LogP contribution in [0.15, 0.2) is 174 Å². The summed E-state index contributed by atoms with van der Waals surface area (Å²) in [6, 6.07) is 60.3. The lowest BCUT2D eigenvalue weighted by atomic mass is 9.92. The van der Waals surface area contributed by atoms with Crippen LogP contribution in [0.3, 0.4) is 0 Å². The molecule has 0 spiro atoms. The van der Waals surface area contributed by atoms with Gasteiger partial charge < -0.3 is 9.32 Å². The highest BCUT2D eigenvalue weighted by Crippen LogP contribution is 2.45. The zero-order valence-corrected chi connectivity index (χ0v) is 27.2. The van der Waals surface area contributed by atoms with Gasteiger partial charge in [-0.3, -0.25) is 0 Å². The van der Waals surface area contributed by atoms with Crippen molar-refractivity contribution in [2.24, 2.45) is 0 Å². The van der Waals surface area contributed by atoms with Gasteiger partial charge in [0.1, 0.15) is 16.2 Å². The molecule has 0 saturated heterocycles. The van der Waals surface area contributed by atoms with Crippen LogP contribution in [0.1, 0.15) is 0 Å². The largest absolute Gasteiger partial charge is 0.456 e. The summed E-state index contributed by atoms with van der Waals surface area (Å²) in [6.45, 7) is 0. The lowest BCUT2D eigenvalue weighted by Crippen LogP contribution is -2.09. The number of rotatable bonds is 5. The Morgan fingerprint density at radius 1 is 0.469 bits per heavy atom. The molecule has 0 radical (unpaired) electrons. The third kappa shape index (κ3) is 4.61. The highest BCUT2D eigenvalue weighted by atomic mass is 32.1. The Morgan fingerprint density at radius 2 is 1.12 bits per heavy atom. The molecule has 0 fully saturated rings. The van der Waals surface area contributed by atoms with E-state index in [1.807, 2.05) is 12.1 Å². The molecule has 0 bridgehead atoms. The molecular formula is C45H28N2OS. The van der Waals surface area contributed by atoms with E-state index in [0.717, 1.165) is 55.1 Å². The van der Waals surface area contributed by atoms with Crippen LogP contribution in [-0.4, -0.2) is 4.98 Å². The molecule has 2 aromatic heterocycles. The number of hydrogen-bond donors (Lipinski definition) is 0. The van der Waals surface area contributed by atoms with Crippen LogP contribution in [0.25, 0.3) is 75.4 Å². The van der Waals surface area contributed by atoms with Crippen molar-refractivity contribution >= 4 is 82.1 Å². The van der Waals surface area contributed by atoms with E-state index in [2.05, 4.69) is 163 Å². The number of benzene rings is 8. The average molecular weight is 645 g/mol. The Kier molecular flexibility index (Phi) is 6.36. The molecule has 0 unspecified atom stereocenters. The van der Waals surface area contributed by atoms with Crippen molar-refractivity contribution < 1.29 is 4.42 Å². The average Bonchev–Trinajstić information content (AvgIpc) is 3.77. The maximum atomic E-state index is 6.21. The van der Waals surface area contributed by atoms with Gasteiger partial charge in [-0.05, 0) is 87.9 Å². The molecule has 0 aliphatic carbocycles. The fraction of sp³-hybridized carbons (Fsp3) is 0. The van der Waals surface area contributed by atoms with Gasteiger partial charge in [-0.15, -0.1) is 11.3 Å². The zero-order chi connectivity index (χ0) is 32.3. The molecule has 8 aromatic carbocycles. The van der Waals surface area contributed by atoms with Gasteiger partial charge in [-0.1, -0.05) is 109 Å². The molecular weight excluding hydrogens is 617 g/mol. The van der Waals surface area contributed by atoms with Crippen molar-refractivity contribution in [3.8, 4) is 21.7 Å². The molecule has 0 atom stereocenters. The monoisotopic (exact) mass is 644 g/mol. The van der Waals surface area contributed by atoms with Crippen molar-refractivity contribution in [2.45, 2.75) is 0 Å². The molecule has 2 heterocycles. The van der Waals surface area contributed by atoms with E-state index >= 15 is 0 Å². The van der Waals surface area contributed by atoms with Gasteiger partial charge in [0.2, 0.25) is 0 Å². The second-order valence-electron chi connectivity index (χ2n) is 12.4. The number of para-hydroxylation sites is 2. The highest BCUT2D eigenvalue weighted by molar-refractivity contribution is 7.22. The zero-order valence-electron chi connectivity index (χ0n) is 26.4. The van der Waals surface area contributed by atoms with Crippen molar-refractivity contribution in [2.75, 3.05) is 4.90 Å². The molecule has 0 N–H and O–H groups in total. The van der Waals surface area contributed by atoms with E-state index < -0.39 is 0 Å². The first-order valence-electron chi connectivity index (χ1n) is 16.5. The highest BCUT2D eigenvalue weighted by Gasteiger charge is 2.19. The normalized spacial score (nSPS) is 11.7. The summed E-state index contributed by atoms with van der Waals surface area (Å²) in [7, 11) is 0. The fourth-order valence-electron chi connectivity index (χ4n) is 7.19. The summed E-state index contributed by atoms with van der Waals surface area (Å²) in [4.78, 5) is 7.47. The van der Waals surface area contributed by atoms with Crippen LogP contribution < -0.4 is 4.90 Å². The van der Waals surface area contributed by atoms with Crippen LogP contribution in [0, 0.1) is 0 Å². The molecule has 0 saturated carbocycles. The van der Waals surface area contributed by atoms with Gasteiger partial charge in [-0.25, -0.2) is 4.98 Å². The number of anilines is 3. The lowest BCUT2D eigenvalue weighted by Gasteiger charge is -2.26. The summed E-state index contributed by atoms with van der Waals surface area (Å²) in [5, 5.41) is 8.12. The second-order valence-corrected chi connectivity index (χ2v) is 13.4. The first kappa shape index (κ1) is 27.8. The van der Waals surface area contributed by atoms with Gasteiger partial charge >= 0.3 is 0 Å². The van der Waals surface area contributed by atoms with E-state index in [0.29, 0.717) is 0 Å². The molecule has 0 amide bonds. The summed E-state index contributed by atoms with van der Waals surface area (Å²) in [5.41, 5.74) is 9.61. The Bertz CT molecular complexity index is 2820. The third-order valence-electron chi connectivity index (χ3n) is 9.45. The van der Waals surface area contributed by atoms with Crippen molar-refractivity contribution in [1.82, 2.24) is 4.98 Å². The maximum absolute atomic E-state index is 6.21. The van der Waals surface area contributed by atoms with Gasteiger partial charge in [0.05, 0.1) is 10.2 Å². The molecule has 49 heavy (non-hydrogen) atoms. The lowest BCUT2D eigenvalue weighted by molar-refractivity contribution is 0.669. The van der Waals surface area contributed by atoms with Crippen LogP contribution >= 0.6 is 11.3 Å². The standard InChI is InChI=1S/C45H28N2OS/c1-4-12-29(13-5-1)37-26-31-20-24-40-44(49-45(46-40)30-14-6-2-7-15-30)43(31)39-28-33(21-23-35(37)39)47(32-16-8-3-9-17-32)34-22-25-42-38(27-34)36-18-10-11-19-41(36)48-42/h1-28H. The topological polar surface area (TPSA) is 29.3 Å². The number of thiazole rings is 1. The van der Waals surface area contributed by atoms with Crippen LogP contribution in [0.5, 0.6) is 0 Å². The number of aromatic nitrogens is 1. The van der Waals surface area contributed by atoms with E-state index in [1.165, 1.54) is 37.4 Å². The number of furan rings is 1. The van der Waals surface area contributed by atoms with E-state index in [-0.39, 0.29) is 0 Å². The third-order valence-corrected chi connectivity index (χ3v) is 10.6. The Balaban J connectivity index is 1.26. The summed E-state index contributed by atoms with van der Waals surface area (Å²) >= 11 is 1.77. The minimum atomic E-state index is 0.886. The smallest absolute Gasteiger partial charge is 0.135 e. The van der Waals surface area contributed by atoms with Crippen LogP contribution in [-0.2, 0) is 0 Å². The van der Waals surface area contributed by atoms with E-state index in [4.69, 9.17) is 9.40 Å². The van der Waals surface area contributed by atoms with Gasteiger partial charge in [0, 0.05) is 38.8 Å². The summed E-state index contributed by atoms with van der Waals surface area (Å²) in [6.07, 6.45) is 0. The quantitative estimate of drug-likeness (QED) is 0.175. The van der Waals surface area contributed by atoms with Gasteiger partial charge in [0.15, 0.2) is 0 Å². The van der Waals surface area contributed by atoms with E-state index in [9.17, 15) is 0 Å². The van der Waals surface area contributed by atoms with Gasteiger partial charge in [-0.2, -0.15) is 0 Å². The first-order chi connectivity index (χ1) is 24.3. The SMILES string of the molecule is c1ccc(-c2nc3ccc4cc(-c5ccccc5)c5ccc(N(c6ccccc6)c6ccc7oc8ccccc8c7c6)cc5c4c3s2)cc1. The molecule has 4 heteroatoms. The fourth-order valence-corrected chi connectivity index (χ4v) is 8.33. The predicted octanol–water partition coefficient (Wildman–Crippen LogP) is 13.3. The maximum Gasteiger partial charge on any atom is 0.135 e. The summed E-state index contributed by atoms with van der Waals surface area (Å²) in [5.74, 6) is 0. The minimum absolute atomic E-state index is 0.886. The number of hydrogen-bond acceptors (Lipinski definition) is 4. The molecule has 230 valence electrons. The van der Waals surface area contributed by atoms with Crippen molar-refractivity contribution in [3.63, 3.8) is 0 Å². The molecule has 0 aliphatic heterocycles. The molecule has 10 aromatic rings. The minimum Gasteiger partial charge on any atom is -0.456 e. The Labute approximate surface area is 286 Å². The molecule has 10 rings (SSSR count). The summed E-state index contributed by atoms with van der Waals surface area (Å²) < 4.78 is 7.42. The molecule has 0 aliphatic rings. The van der Waals surface area contributed by atoms with Crippen LogP contribution in [0.2, 0.25) is 0 Å². The Morgan fingerprint density at radius 3 is 1.92 bits per heavy atom. The van der Waals surface area contributed by atoms with Crippen LogP contribution in [0.4, 0.5) is 17.1 Å². The Hall–Kier alpha value is -6.23. The predicted molar refractivity (Wildman–Crippen MR) is 207 cm³/mol. The van der Waals surface area contributed by atoms with Crippen molar-refractivity contribution in [3.05, 3.63) is 170 Å². The first-order valence-corrected chi connectivity index (χ1v) is 17.3. The van der Waals surface area contributed by atoms with Crippen molar-refractivity contribution in [1.29, 1.82) is 0 Å². The van der Waals surface area contributed by atoms with E-state index in [1.54, 1.807) is 11.3 Å². The second kappa shape index (κ2) is 11.2. The number of fused-ring (bicyclic) bond motifs is 8. The van der Waals surface area contributed by atoms with Gasteiger partial charge in [0.25, 0.3) is 0 Å².